The van der Waals surface area contributed by atoms with Gasteiger partial charge in [0.15, 0.2) is 0 Å². The molecule has 2 atom stereocenters. The topological polar surface area (TPSA) is 26.0 Å². The van der Waals surface area contributed by atoms with Gasteiger partial charge in [-0.15, -0.1) is 0 Å². The smallest absolute Gasteiger partial charge is 0.126 e. The molecule has 1 aromatic rings. The molecule has 94 valence electrons. The molecule has 1 saturated carbocycles. The van der Waals surface area contributed by atoms with Crippen LogP contribution in [-0.2, 0) is 6.42 Å². The maximum absolute atomic E-state index is 13.6. The van der Waals surface area contributed by atoms with Crippen molar-refractivity contribution in [2.75, 3.05) is 6.54 Å². The van der Waals surface area contributed by atoms with E-state index in [0.29, 0.717) is 11.8 Å². The molecular weight excluding hydrogens is 213 g/mol. The van der Waals surface area contributed by atoms with Gasteiger partial charge in [-0.25, -0.2) is 4.39 Å². The molecule has 0 amide bonds. The third-order valence-corrected chi connectivity index (χ3v) is 4.06. The number of hydrogen-bond acceptors (Lipinski definition) is 1. The SMILES string of the molecule is NCC1CCCCCC1Cc1ccccc1F. The second kappa shape index (κ2) is 6.15. The highest BCUT2D eigenvalue weighted by atomic mass is 19.1. The minimum absolute atomic E-state index is 0.0625. The zero-order chi connectivity index (χ0) is 12.1. The molecule has 0 heterocycles. The summed E-state index contributed by atoms with van der Waals surface area (Å²) in [7, 11) is 0. The van der Waals surface area contributed by atoms with Gasteiger partial charge in [-0.3, -0.25) is 0 Å². The first-order valence-corrected chi connectivity index (χ1v) is 6.74. The molecule has 0 aliphatic heterocycles. The summed E-state index contributed by atoms with van der Waals surface area (Å²) >= 11 is 0. The van der Waals surface area contributed by atoms with E-state index in [-0.39, 0.29) is 5.82 Å². The predicted molar refractivity (Wildman–Crippen MR) is 69.2 cm³/mol. The van der Waals surface area contributed by atoms with E-state index in [1.807, 2.05) is 12.1 Å². The van der Waals surface area contributed by atoms with Gasteiger partial charge >= 0.3 is 0 Å². The van der Waals surface area contributed by atoms with Crippen molar-refractivity contribution in [2.24, 2.45) is 17.6 Å². The van der Waals surface area contributed by atoms with Gasteiger partial charge < -0.3 is 5.73 Å². The van der Waals surface area contributed by atoms with Crippen LogP contribution in [0.4, 0.5) is 4.39 Å². The van der Waals surface area contributed by atoms with Gasteiger partial charge in [-0.05, 0) is 49.3 Å². The molecule has 1 fully saturated rings. The Kier molecular flexibility index (Phi) is 4.55. The average Bonchev–Trinajstić information content (AvgIpc) is 2.57. The highest BCUT2D eigenvalue weighted by molar-refractivity contribution is 5.18. The molecule has 1 aromatic carbocycles. The number of halogens is 1. The maximum atomic E-state index is 13.6. The quantitative estimate of drug-likeness (QED) is 0.797. The summed E-state index contributed by atoms with van der Waals surface area (Å²) in [4.78, 5) is 0. The minimum Gasteiger partial charge on any atom is -0.330 e. The summed E-state index contributed by atoms with van der Waals surface area (Å²) in [5.74, 6) is 1.09. The lowest BCUT2D eigenvalue weighted by molar-refractivity contribution is 0.315. The van der Waals surface area contributed by atoms with Gasteiger partial charge in [0, 0.05) is 0 Å². The first-order valence-electron chi connectivity index (χ1n) is 6.74. The highest BCUT2D eigenvalue weighted by Crippen LogP contribution is 2.31. The van der Waals surface area contributed by atoms with E-state index in [2.05, 4.69) is 0 Å². The minimum atomic E-state index is -0.0625. The number of nitrogens with two attached hydrogens (primary N) is 1. The molecule has 1 nitrogen and oxygen atoms in total. The van der Waals surface area contributed by atoms with Crippen molar-refractivity contribution in [3.8, 4) is 0 Å². The summed E-state index contributed by atoms with van der Waals surface area (Å²) in [5, 5.41) is 0. The van der Waals surface area contributed by atoms with Gasteiger partial charge in [0.1, 0.15) is 5.82 Å². The number of benzene rings is 1. The third kappa shape index (κ3) is 3.29. The van der Waals surface area contributed by atoms with Crippen LogP contribution in [0.5, 0.6) is 0 Å². The Morgan fingerprint density at radius 3 is 2.47 bits per heavy atom. The van der Waals surface area contributed by atoms with E-state index < -0.39 is 0 Å². The summed E-state index contributed by atoms with van der Waals surface area (Å²) in [6, 6.07) is 7.15. The molecule has 1 aliphatic carbocycles. The molecule has 1 aliphatic rings. The fraction of sp³-hybridized carbons (Fsp3) is 0.600. The molecule has 0 saturated heterocycles. The Hall–Kier alpha value is -0.890. The molecule has 2 rings (SSSR count). The molecule has 0 spiro atoms. The average molecular weight is 235 g/mol. The number of hydrogen-bond donors (Lipinski definition) is 1. The van der Waals surface area contributed by atoms with Crippen LogP contribution < -0.4 is 5.73 Å². The van der Waals surface area contributed by atoms with Crippen molar-refractivity contribution in [1.29, 1.82) is 0 Å². The lowest BCUT2D eigenvalue weighted by Gasteiger charge is -2.24. The molecule has 2 unspecified atom stereocenters. The Morgan fingerprint density at radius 2 is 1.76 bits per heavy atom. The van der Waals surface area contributed by atoms with Crippen LogP contribution >= 0.6 is 0 Å². The Bertz CT molecular complexity index is 351. The van der Waals surface area contributed by atoms with Crippen molar-refractivity contribution in [3.05, 3.63) is 35.6 Å². The first kappa shape index (κ1) is 12.6. The predicted octanol–water partition coefficient (Wildman–Crippen LogP) is 3.52. The van der Waals surface area contributed by atoms with Crippen molar-refractivity contribution < 1.29 is 4.39 Å². The van der Waals surface area contributed by atoms with Crippen molar-refractivity contribution in [2.45, 2.75) is 38.5 Å². The zero-order valence-corrected chi connectivity index (χ0v) is 10.4. The van der Waals surface area contributed by atoms with Gasteiger partial charge in [0.25, 0.3) is 0 Å². The second-order valence-corrected chi connectivity index (χ2v) is 5.19. The van der Waals surface area contributed by atoms with E-state index in [1.165, 1.54) is 32.1 Å². The molecular formula is C15H22FN. The van der Waals surface area contributed by atoms with Gasteiger partial charge in [0.05, 0.1) is 0 Å². The summed E-state index contributed by atoms with van der Waals surface area (Å²) in [6.07, 6.45) is 7.15. The molecule has 0 radical (unpaired) electrons. The van der Waals surface area contributed by atoms with E-state index in [1.54, 1.807) is 12.1 Å². The zero-order valence-electron chi connectivity index (χ0n) is 10.4. The summed E-state index contributed by atoms with van der Waals surface area (Å²) in [6.45, 7) is 0.749. The van der Waals surface area contributed by atoms with Crippen molar-refractivity contribution in [3.63, 3.8) is 0 Å². The lowest BCUT2D eigenvalue weighted by Crippen LogP contribution is -2.24. The third-order valence-electron chi connectivity index (χ3n) is 4.06. The highest BCUT2D eigenvalue weighted by Gasteiger charge is 2.23. The van der Waals surface area contributed by atoms with E-state index in [0.717, 1.165) is 18.5 Å². The van der Waals surface area contributed by atoms with Crippen LogP contribution in [0.3, 0.4) is 0 Å². The molecule has 0 aromatic heterocycles. The van der Waals surface area contributed by atoms with Crippen molar-refractivity contribution >= 4 is 0 Å². The monoisotopic (exact) mass is 235 g/mol. The second-order valence-electron chi connectivity index (χ2n) is 5.19. The van der Waals surface area contributed by atoms with Crippen LogP contribution in [0.15, 0.2) is 24.3 Å². The normalized spacial score (nSPS) is 25.5. The molecule has 17 heavy (non-hydrogen) atoms. The summed E-state index contributed by atoms with van der Waals surface area (Å²) in [5.41, 5.74) is 6.72. The van der Waals surface area contributed by atoms with Crippen LogP contribution in [0.2, 0.25) is 0 Å². The Balaban J connectivity index is 2.07. The molecule has 2 N–H and O–H groups in total. The standard InChI is InChI=1S/C15H22FN/c16-15-9-5-4-7-13(15)10-12-6-2-1-3-8-14(12)11-17/h4-5,7,9,12,14H,1-3,6,8,10-11,17H2. The van der Waals surface area contributed by atoms with Gasteiger partial charge in [-0.1, -0.05) is 37.5 Å². The van der Waals surface area contributed by atoms with E-state index in [4.69, 9.17) is 5.73 Å². The maximum Gasteiger partial charge on any atom is 0.126 e. The fourth-order valence-corrected chi connectivity index (χ4v) is 2.99. The van der Waals surface area contributed by atoms with Gasteiger partial charge in [0.2, 0.25) is 0 Å². The Morgan fingerprint density at radius 1 is 1.06 bits per heavy atom. The fourth-order valence-electron chi connectivity index (χ4n) is 2.99. The van der Waals surface area contributed by atoms with Crippen LogP contribution in [0.25, 0.3) is 0 Å². The van der Waals surface area contributed by atoms with Crippen molar-refractivity contribution in [1.82, 2.24) is 0 Å². The first-order chi connectivity index (χ1) is 8.31. The van der Waals surface area contributed by atoms with E-state index >= 15 is 0 Å². The number of rotatable bonds is 3. The summed E-state index contributed by atoms with van der Waals surface area (Å²) < 4.78 is 13.6. The van der Waals surface area contributed by atoms with Crippen LogP contribution in [0.1, 0.15) is 37.7 Å². The largest absolute Gasteiger partial charge is 0.330 e. The molecule has 2 heteroatoms. The van der Waals surface area contributed by atoms with E-state index in [9.17, 15) is 4.39 Å². The van der Waals surface area contributed by atoms with Crippen LogP contribution in [-0.4, -0.2) is 6.54 Å². The lowest BCUT2D eigenvalue weighted by atomic mass is 9.83. The van der Waals surface area contributed by atoms with Gasteiger partial charge in [-0.2, -0.15) is 0 Å². The van der Waals surface area contributed by atoms with Crippen LogP contribution in [0, 0.1) is 17.7 Å². The Labute approximate surface area is 103 Å². The molecule has 0 bridgehead atoms.